The first-order valence-corrected chi connectivity index (χ1v) is 5.35. The molecule has 82 valence electrons. The molecule has 1 aliphatic heterocycles. The highest BCUT2D eigenvalue weighted by atomic mass is 16.5. The molecule has 2 heteroatoms. The molecule has 1 unspecified atom stereocenters. The number of carbonyl (C=O) groups is 1. The number of ether oxygens (including phenoxy) is 1. The molecule has 1 atom stereocenters. The van der Waals surface area contributed by atoms with E-state index in [2.05, 4.69) is 6.58 Å². The van der Waals surface area contributed by atoms with Gasteiger partial charge in [-0.2, -0.15) is 0 Å². The molecule has 0 saturated carbocycles. The summed E-state index contributed by atoms with van der Waals surface area (Å²) in [4.78, 5) is 11.8. The van der Waals surface area contributed by atoms with Crippen LogP contribution in [0.25, 0.3) is 0 Å². The zero-order valence-corrected chi connectivity index (χ0v) is 9.06. The van der Waals surface area contributed by atoms with Gasteiger partial charge < -0.3 is 4.74 Å². The van der Waals surface area contributed by atoms with Crippen LogP contribution in [0.1, 0.15) is 16.8 Å². The van der Waals surface area contributed by atoms with E-state index in [1.807, 2.05) is 24.3 Å². The van der Waals surface area contributed by atoms with Crippen molar-refractivity contribution in [2.24, 2.45) is 5.92 Å². The molecule has 0 aliphatic carbocycles. The fraction of sp³-hybridized carbons (Fsp3) is 0.214. The van der Waals surface area contributed by atoms with Gasteiger partial charge in [0.25, 0.3) is 0 Å². The van der Waals surface area contributed by atoms with Gasteiger partial charge in [0.1, 0.15) is 5.76 Å². The summed E-state index contributed by atoms with van der Waals surface area (Å²) < 4.78 is 5.42. The molecule has 16 heavy (non-hydrogen) atoms. The Bertz CT molecular complexity index is 418. The highest BCUT2D eigenvalue weighted by Crippen LogP contribution is 2.23. The minimum atomic E-state index is 0.000289. The molecule has 0 spiro atoms. The Morgan fingerprint density at radius 2 is 2.12 bits per heavy atom. The van der Waals surface area contributed by atoms with E-state index >= 15 is 0 Å². The van der Waals surface area contributed by atoms with Crippen LogP contribution < -0.4 is 0 Å². The SMILES string of the molecule is C=CC1CO/C(=C\C(=O)c2ccccc2)C1. The molecule has 1 aromatic rings. The summed E-state index contributed by atoms with van der Waals surface area (Å²) in [6, 6.07) is 9.21. The van der Waals surface area contributed by atoms with Crippen LogP contribution in [0, 0.1) is 5.92 Å². The molecular formula is C14H14O2. The molecule has 2 nitrogen and oxygen atoms in total. The number of carbonyl (C=O) groups excluding carboxylic acids is 1. The van der Waals surface area contributed by atoms with Gasteiger partial charge in [-0.15, -0.1) is 6.58 Å². The minimum Gasteiger partial charge on any atom is -0.497 e. The van der Waals surface area contributed by atoms with E-state index in [4.69, 9.17) is 4.74 Å². The van der Waals surface area contributed by atoms with Crippen molar-refractivity contribution in [3.05, 3.63) is 60.4 Å². The third kappa shape index (κ3) is 2.40. The number of allylic oxidation sites excluding steroid dienone is 2. The maximum absolute atomic E-state index is 11.8. The molecule has 1 fully saturated rings. The number of rotatable bonds is 3. The molecule has 0 N–H and O–H groups in total. The van der Waals surface area contributed by atoms with Crippen molar-refractivity contribution in [2.45, 2.75) is 6.42 Å². The largest absolute Gasteiger partial charge is 0.497 e. The maximum atomic E-state index is 11.8. The highest BCUT2D eigenvalue weighted by molar-refractivity contribution is 6.04. The summed E-state index contributed by atoms with van der Waals surface area (Å²) >= 11 is 0. The Labute approximate surface area is 95.2 Å². The Morgan fingerprint density at radius 3 is 2.75 bits per heavy atom. The molecule has 1 aliphatic rings. The van der Waals surface area contributed by atoms with Crippen LogP contribution in [0.5, 0.6) is 0 Å². The van der Waals surface area contributed by atoms with Crippen LogP contribution in [0.15, 0.2) is 54.8 Å². The molecule has 1 saturated heterocycles. The van der Waals surface area contributed by atoms with E-state index in [1.165, 1.54) is 0 Å². The summed E-state index contributed by atoms with van der Waals surface area (Å²) in [6.45, 7) is 4.36. The monoisotopic (exact) mass is 214 g/mol. The van der Waals surface area contributed by atoms with Gasteiger partial charge >= 0.3 is 0 Å². The van der Waals surface area contributed by atoms with E-state index in [0.717, 1.165) is 12.2 Å². The van der Waals surface area contributed by atoms with Crippen LogP contribution >= 0.6 is 0 Å². The van der Waals surface area contributed by atoms with Gasteiger partial charge in [0.15, 0.2) is 5.78 Å². The van der Waals surface area contributed by atoms with Crippen molar-refractivity contribution < 1.29 is 9.53 Å². The van der Waals surface area contributed by atoms with Crippen molar-refractivity contribution >= 4 is 5.78 Å². The summed E-state index contributed by atoms with van der Waals surface area (Å²) in [5, 5.41) is 0. The first-order chi connectivity index (χ1) is 7.79. The highest BCUT2D eigenvalue weighted by Gasteiger charge is 2.18. The molecule has 1 heterocycles. The molecule has 1 aromatic carbocycles. The Hall–Kier alpha value is -1.83. The number of hydrogen-bond donors (Lipinski definition) is 0. The zero-order valence-electron chi connectivity index (χ0n) is 9.06. The predicted octanol–water partition coefficient (Wildman–Crippen LogP) is 2.98. The second kappa shape index (κ2) is 4.79. The van der Waals surface area contributed by atoms with Gasteiger partial charge in [-0.3, -0.25) is 4.79 Å². The average molecular weight is 214 g/mol. The van der Waals surface area contributed by atoms with Gasteiger partial charge in [0.05, 0.1) is 6.61 Å². The molecule has 2 rings (SSSR count). The topological polar surface area (TPSA) is 26.3 Å². The van der Waals surface area contributed by atoms with E-state index in [-0.39, 0.29) is 5.78 Å². The second-order valence-corrected chi connectivity index (χ2v) is 3.85. The summed E-state index contributed by atoms with van der Waals surface area (Å²) in [7, 11) is 0. The lowest BCUT2D eigenvalue weighted by Gasteiger charge is -1.97. The first kappa shape index (κ1) is 10.7. The fourth-order valence-corrected chi connectivity index (χ4v) is 1.67. The van der Waals surface area contributed by atoms with Gasteiger partial charge in [0.2, 0.25) is 0 Å². The number of ketones is 1. The van der Waals surface area contributed by atoms with Crippen molar-refractivity contribution in [1.82, 2.24) is 0 Å². The van der Waals surface area contributed by atoms with Gasteiger partial charge in [-0.05, 0) is 0 Å². The molecular weight excluding hydrogens is 200 g/mol. The van der Waals surface area contributed by atoms with E-state index in [9.17, 15) is 4.79 Å². The van der Waals surface area contributed by atoms with Crippen molar-refractivity contribution in [2.75, 3.05) is 6.61 Å². The lowest BCUT2D eigenvalue weighted by atomic mass is 10.1. The van der Waals surface area contributed by atoms with Gasteiger partial charge in [-0.1, -0.05) is 36.4 Å². The Kier molecular flexibility index (Phi) is 3.20. The van der Waals surface area contributed by atoms with Crippen LogP contribution in [0.4, 0.5) is 0 Å². The van der Waals surface area contributed by atoms with Crippen molar-refractivity contribution in [3.8, 4) is 0 Å². The van der Waals surface area contributed by atoms with Crippen LogP contribution in [0.3, 0.4) is 0 Å². The third-order valence-electron chi connectivity index (χ3n) is 2.63. The fourth-order valence-electron chi connectivity index (χ4n) is 1.67. The predicted molar refractivity (Wildman–Crippen MR) is 63.1 cm³/mol. The molecule has 0 amide bonds. The minimum absolute atomic E-state index is 0.000289. The quantitative estimate of drug-likeness (QED) is 0.439. The molecule has 0 aromatic heterocycles. The van der Waals surface area contributed by atoms with E-state index < -0.39 is 0 Å². The first-order valence-electron chi connectivity index (χ1n) is 5.35. The van der Waals surface area contributed by atoms with Gasteiger partial charge in [-0.25, -0.2) is 0 Å². The van der Waals surface area contributed by atoms with E-state index in [1.54, 1.807) is 18.2 Å². The smallest absolute Gasteiger partial charge is 0.189 e. The normalized spacial score (nSPS) is 21.8. The zero-order chi connectivity index (χ0) is 11.4. The molecule has 0 bridgehead atoms. The maximum Gasteiger partial charge on any atom is 0.189 e. The Balaban J connectivity index is 2.08. The van der Waals surface area contributed by atoms with Crippen LogP contribution in [0.2, 0.25) is 0 Å². The third-order valence-corrected chi connectivity index (χ3v) is 2.63. The average Bonchev–Trinajstić information content (AvgIpc) is 2.78. The lowest BCUT2D eigenvalue weighted by molar-refractivity contribution is 0.104. The lowest BCUT2D eigenvalue weighted by Crippen LogP contribution is -1.95. The summed E-state index contributed by atoms with van der Waals surface area (Å²) in [6.07, 6.45) is 4.23. The summed E-state index contributed by atoms with van der Waals surface area (Å²) in [5.41, 5.74) is 0.695. The number of hydrogen-bond acceptors (Lipinski definition) is 2. The molecule has 0 radical (unpaired) electrons. The van der Waals surface area contributed by atoms with Crippen molar-refractivity contribution in [1.29, 1.82) is 0 Å². The van der Waals surface area contributed by atoms with Gasteiger partial charge in [0, 0.05) is 24.0 Å². The van der Waals surface area contributed by atoms with Crippen molar-refractivity contribution in [3.63, 3.8) is 0 Å². The van der Waals surface area contributed by atoms with Crippen LogP contribution in [-0.4, -0.2) is 12.4 Å². The van der Waals surface area contributed by atoms with E-state index in [0.29, 0.717) is 18.1 Å². The number of benzene rings is 1. The van der Waals surface area contributed by atoms with Crippen LogP contribution in [-0.2, 0) is 4.74 Å². The summed E-state index contributed by atoms with van der Waals surface area (Å²) in [5.74, 6) is 1.11. The standard InChI is InChI=1S/C14H14O2/c1-2-11-8-13(16-10-11)9-14(15)12-6-4-3-5-7-12/h2-7,9,11H,1,8,10H2/b13-9-. The Morgan fingerprint density at radius 1 is 1.38 bits per heavy atom. The second-order valence-electron chi connectivity index (χ2n) is 3.85.